The van der Waals surface area contributed by atoms with E-state index in [0.29, 0.717) is 12.8 Å². The van der Waals surface area contributed by atoms with Crippen molar-refractivity contribution in [1.29, 1.82) is 0 Å². The Morgan fingerprint density at radius 3 is 2.50 bits per heavy atom. The lowest BCUT2D eigenvalue weighted by atomic mass is 9.98. The highest BCUT2D eigenvalue weighted by atomic mass is 32.1. The quantitative estimate of drug-likeness (QED) is 0.272. The number of thiazole rings is 1. The topological polar surface area (TPSA) is 78.5 Å². The van der Waals surface area contributed by atoms with Crippen molar-refractivity contribution in [3.63, 3.8) is 0 Å². The summed E-state index contributed by atoms with van der Waals surface area (Å²) in [4.78, 5) is 27.2. The second-order valence-electron chi connectivity index (χ2n) is 10.3. The van der Waals surface area contributed by atoms with E-state index in [1.54, 1.807) is 17.2 Å². The highest BCUT2D eigenvalue weighted by Crippen LogP contribution is 2.33. The zero-order valence-electron chi connectivity index (χ0n) is 21.5. The van der Waals surface area contributed by atoms with Crippen LogP contribution >= 0.6 is 11.3 Å². The van der Waals surface area contributed by atoms with Crippen LogP contribution in [0.4, 0.5) is 0 Å². The largest absolute Gasteiger partial charge is 0.340 e. The van der Waals surface area contributed by atoms with Crippen LogP contribution in [0, 0.1) is 6.92 Å². The van der Waals surface area contributed by atoms with E-state index in [9.17, 15) is 4.79 Å². The van der Waals surface area contributed by atoms with E-state index < -0.39 is 0 Å². The molecule has 0 saturated heterocycles. The minimum absolute atomic E-state index is 0.0425. The molecule has 8 heteroatoms. The summed E-state index contributed by atoms with van der Waals surface area (Å²) in [6.45, 7) is 8.45. The fourth-order valence-electron chi connectivity index (χ4n) is 4.46. The number of hydrogen-bond donors (Lipinski definition) is 0. The molecule has 1 aromatic carbocycles. The van der Waals surface area contributed by atoms with Gasteiger partial charge in [-0.2, -0.15) is 5.10 Å². The molecule has 0 spiro atoms. The van der Waals surface area contributed by atoms with Gasteiger partial charge in [0, 0.05) is 49.5 Å². The van der Waals surface area contributed by atoms with Gasteiger partial charge in [-0.15, -0.1) is 11.3 Å². The molecule has 4 heterocycles. The summed E-state index contributed by atoms with van der Waals surface area (Å²) in [5.74, 6) is 0.149. The molecular weight excluding hydrogens is 468 g/mol. The zero-order valence-corrected chi connectivity index (χ0v) is 22.3. The van der Waals surface area contributed by atoms with Crippen LogP contribution in [0.5, 0.6) is 0 Å². The van der Waals surface area contributed by atoms with Gasteiger partial charge >= 0.3 is 0 Å². The van der Waals surface area contributed by atoms with E-state index in [0.717, 1.165) is 49.0 Å². The summed E-state index contributed by atoms with van der Waals surface area (Å²) < 4.78 is 3.93. The average molecular weight is 499 g/mol. The number of hydrogen-bond acceptors (Lipinski definition) is 6. The Morgan fingerprint density at radius 1 is 1.03 bits per heavy atom. The third kappa shape index (κ3) is 4.48. The molecule has 0 N–H and O–H groups in total. The maximum atomic E-state index is 12.8. The van der Waals surface area contributed by atoms with Gasteiger partial charge in [0.05, 0.1) is 38.5 Å². The second-order valence-corrected chi connectivity index (χ2v) is 11.3. The molecule has 0 atom stereocenters. The fourth-order valence-corrected chi connectivity index (χ4v) is 5.40. The Hall–Kier alpha value is -3.65. The highest BCUT2D eigenvalue weighted by Gasteiger charge is 2.21. The molecule has 36 heavy (non-hydrogen) atoms. The molecule has 5 aromatic rings. The van der Waals surface area contributed by atoms with Gasteiger partial charge in [-0.1, -0.05) is 32.9 Å². The lowest BCUT2D eigenvalue weighted by molar-refractivity contribution is 0.0986. The first-order valence-electron chi connectivity index (χ1n) is 12.0. The first-order chi connectivity index (χ1) is 17.1. The van der Waals surface area contributed by atoms with Crippen molar-refractivity contribution in [2.45, 2.75) is 46.0 Å². The maximum absolute atomic E-state index is 12.8. The van der Waals surface area contributed by atoms with E-state index in [2.05, 4.69) is 76.6 Å². The van der Waals surface area contributed by atoms with Crippen LogP contribution < -0.4 is 0 Å². The monoisotopic (exact) mass is 498 g/mol. The summed E-state index contributed by atoms with van der Waals surface area (Å²) in [5.41, 5.74) is 8.16. The SMILES string of the molecule is Cc1cc(-c2ncnc3cc(-c4cnn(C)c4)n(C)c23)ccc1CCC(=O)c1cnc(C(C)(C)C)s1. The molecule has 0 aliphatic rings. The van der Waals surface area contributed by atoms with Crippen LogP contribution in [0.1, 0.15) is 53.0 Å². The van der Waals surface area contributed by atoms with E-state index in [1.807, 2.05) is 26.5 Å². The van der Waals surface area contributed by atoms with E-state index >= 15 is 0 Å². The number of ketones is 1. The van der Waals surface area contributed by atoms with Gasteiger partial charge in [-0.3, -0.25) is 9.48 Å². The van der Waals surface area contributed by atoms with Crippen LogP contribution in [0.3, 0.4) is 0 Å². The lowest BCUT2D eigenvalue weighted by Crippen LogP contribution is -2.09. The number of aromatic nitrogens is 6. The van der Waals surface area contributed by atoms with Gasteiger partial charge in [-0.25, -0.2) is 15.0 Å². The molecule has 0 unspecified atom stereocenters. The summed E-state index contributed by atoms with van der Waals surface area (Å²) in [5, 5.41) is 5.30. The standard InChI is InChI=1S/C28H30N6OS/c1-17-11-19(8-7-18(17)9-10-23(35)24-14-29-27(36-24)28(2,3)4)25-26-21(30-16-31-25)12-22(34(26)6)20-13-32-33(5)15-20/h7-8,11-16H,9-10H2,1-6H3. The number of carbonyl (C=O) groups is 1. The molecule has 0 aliphatic heterocycles. The molecule has 7 nitrogen and oxygen atoms in total. The third-order valence-corrected chi connectivity index (χ3v) is 7.95. The number of nitrogens with zero attached hydrogens (tertiary/aromatic N) is 6. The normalized spacial score (nSPS) is 11.9. The van der Waals surface area contributed by atoms with Crippen LogP contribution in [-0.4, -0.2) is 35.1 Å². The van der Waals surface area contributed by atoms with Crippen molar-refractivity contribution in [3.8, 4) is 22.5 Å². The van der Waals surface area contributed by atoms with E-state index in [-0.39, 0.29) is 11.2 Å². The molecule has 0 aliphatic carbocycles. The lowest BCUT2D eigenvalue weighted by Gasteiger charge is -2.13. The van der Waals surface area contributed by atoms with E-state index in [1.165, 1.54) is 16.9 Å². The Morgan fingerprint density at radius 2 is 1.83 bits per heavy atom. The molecule has 5 rings (SSSR count). The van der Waals surface area contributed by atoms with Gasteiger partial charge in [0.15, 0.2) is 5.78 Å². The van der Waals surface area contributed by atoms with Crippen molar-refractivity contribution in [2.75, 3.05) is 0 Å². The van der Waals surface area contributed by atoms with E-state index in [4.69, 9.17) is 0 Å². The molecule has 4 aromatic heterocycles. The maximum Gasteiger partial charge on any atom is 0.174 e. The van der Waals surface area contributed by atoms with Gasteiger partial charge in [0.25, 0.3) is 0 Å². The number of benzene rings is 1. The second kappa shape index (κ2) is 9.09. The van der Waals surface area contributed by atoms with Crippen molar-refractivity contribution in [2.24, 2.45) is 14.1 Å². The first-order valence-corrected chi connectivity index (χ1v) is 12.8. The summed E-state index contributed by atoms with van der Waals surface area (Å²) >= 11 is 1.51. The zero-order chi connectivity index (χ0) is 25.6. The minimum Gasteiger partial charge on any atom is -0.340 e. The minimum atomic E-state index is -0.0425. The fraction of sp³-hybridized carbons (Fsp3) is 0.321. The van der Waals surface area contributed by atoms with Gasteiger partial charge < -0.3 is 4.57 Å². The van der Waals surface area contributed by atoms with Crippen molar-refractivity contribution < 1.29 is 4.79 Å². The number of rotatable bonds is 6. The Labute approximate surface area is 214 Å². The van der Waals surface area contributed by atoms with Crippen LogP contribution in [0.2, 0.25) is 0 Å². The predicted molar refractivity (Wildman–Crippen MR) is 144 cm³/mol. The molecule has 0 radical (unpaired) electrons. The van der Waals surface area contributed by atoms with Crippen LogP contribution in [-0.2, 0) is 25.9 Å². The summed E-state index contributed by atoms with van der Waals surface area (Å²) in [6.07, 6.45) is 8.37. The van der Waals surface area contributed by atoms with Crippen molar-refractivity contribution in [3.05, 3.63) is 70.2 Å². The Kier molecular flexibility index (Phi) is 6.08. The van der Waals surface area contributed by atoms with Crippen molar-refractivity contribution in [1.82, 2.24) is 29.3 Å². The van der Waals surface area contributed by atoms with Gasteiger partial charge in [0.2, 0.25) is 0 Å². The molecular formula is C28H30N6OS. The third-order valence-electron chi connectivity index (χ3n) is 6.48. The molecule has 184 valence electrons. The number of carbonyl (C=O) groups excluding carboxylic acids is 1. The van der Waals surface area contributed by atoms with Crippen LogP contribution in [0.15, 0.2) is 49.2 Å². The molecule has 0 bridgehead atoms. The van der Waals surface area contributed by atoms with Gasteiger partial charge in [0.1, 0.15) is 6.33 Å². The summed E-state index contributed by atoms with van der Waals surface area (Å²) in [6, 6.07) is 8.44. The predicted octanol–water partition coefficient (Wildman–Crippen LogP) is 5.91. The highest BCUT2D eigenvalue weighted by molar-refractivity contribution is 7.13. The molecule has 0 saturated carbocycles. The molecule has 0 amide bonds. The number of aryl methyl sites for hydroxylation is 4. The molecule has 0 fully saturated rings. The average Bonchev–Trinajstić information content (AvgIpc) is 3.57. The number of fused-ring (bicyclic) bond motifs is 1. The summed E-state index contributed by atoms with van der Waals surface area (Å²) in [7, 11) is 3.95. The Balaban J connectivity index is 1.39. The first kappa shape index (κ1) is 24.1. The smallest absolute Gasteiger partial charge is 0.174 e. The van der Waals surface area contributed by atoms with Crippen molar-refractivity contribution >= 4 is 28.2 Å². The number of Topliss-reactive ketones (excluding diaryl/α,β-unsaturated/α-hetero) is 1. The van der Waals surface area contributed by atoms with Gasteiger partial charge in [-0.05, 0) is 36.6 Å². The van der Waals surface area contributed by atoms with Crippen LogP contribution in [0.25, 0.3) is 33.5 Å². The Bertz CT molecular complexity index is 1580.